The average Bonchev–Trinajstić information content (AvgIpc) is 2.98. The fraction of sp³-hybridized carbons (Fsp3) is 0.158. The molecular weight excluding hydrogens is 304 g/mol. The first-order valence-corrected chi connectivity index (χ1v) is 7.66. The molecule has 1 heterocycles. The second kappa shape index (κ2) is 6.58. The number of hydrogen-bond acceptors (Lipinski definition) is 3. The lowest BCUT2D eigenvalue weighted by molar-refractivity contribution is 0.0691. The molecule has 0 bridgehead atoms. The molecule has 2 aromatic carbocycles. The number of aromatic amines is 1. The van der Waals surface area contributed by atoms with Gasteiger partial charge in [0.25, 0.3) is 0 Å². The fourth-order valence-electron chi connectivity index (χ4n) is 2.63. The number of carbonyl (C=O) groups is 1. The maximum absolute atomic E-state index is 11.3. The van der Waals surface area contributed by atoms with Gasteiger partial charge >= 0.3 is 5.97 Å². The number of aromatic carboxylic acids is 1. The monoisotopic (exact) mass is 322 g/mol. The topological polar surface area (TPSA) is 75.2 Å². The van der Waals surface area contributed by atoms with E-state index in [2.05, 4.69) is 10.2 Å². The summed E-state index contributed by atoms with van der Waals surface area (Å²) in [5.74, 6) is -0.342. The zero-order chi connectivity index (χ0) is 17.1. The van der Waals surface area contributed by atoms with Crippen LogP contribution in [0.15, 0.2) is 54.6 Å². The molecule has 0 aliphatic rings. The number of carboxylic acid groups (broad SMARTS) is 1. The van der Waals surface area contributed by atoms with Crippen molar-refractivity contribution in [2.75, 3.05) is 0 Å². The Morgan fingerprint density at radius 1 is 1.08 bits per heavy atom. The number of H-pyrrole nitrogens is 1. The van der Waals surface area contributed by atoms with Crippen LogP contribution in [0.2, 0.25) is 0 Å². The van der Waals surface area contributed by atoms with Crippen LogP contribution in [0.1, 0.15) is 34.8 Å². The summed E-state index contributed by atoms with van der Waals surface area (Å²) in [5.41, 5.74) is 3.31. The van der Waals surface area contributed by atoms with Crippen LogP contribution in [-0.2, 0) is 0 Å². The molecule has 0 amide bonds. The zero-order valence-corrected chi connectivity index (χ0v) is 13.5. The summed E-state index contributed by atoms with van der Waals surface area (Å²) < 4.78 is 5.85. The van der Waals surface area contributed by atoms with Gasteiger partial charge in [0.05, 0.1) is 0 Å². The lowest BCUT2D eigenvalue weighted by Crippen LogP contribution is -2.10. The molecule has 1 aromatic heterocycles. The highest BCUT2D eigenvalue weighted by Gasteiger charge is 2.22. The molecule has 24 heavy (non-hydrogen) atoms. The Bertz CT molecular complexity index is 839. The van der Waals surface area contributed by atoms with Crippen LogP contribution in [0.25, 0.3) is 11.1 Å². The van der Waals surface area contributed by atoms with E-state index in [4.69, 9.17) is 4.74 Å². The minimum Gasteiger partial charge on any atom is -0.484 e. The van der Waals surface area contributed by atoms with Gasteiger partial charge in [-0.05, 0) is 37.1 Å². The Kier molecular flexibility index (Phi) is 4.33. The maximum Gasteiger partial charge on any atom is 0.339 e. The number of aromatic nitrogens is 2. The number of rotatable bonds is 5. The van der Waals surface area contributed by atoms with Crippen LogP contribution in [-0.4, -0.2) is 21.3 Å². The number of carboxylic acids is 1. The van der Waals surface area contributed by atoms with E-state index in [1.54, 1.807) is 13.8 Å². The highest BCUT2D eigenvalue weighted by molar-refractivity contribution is 5.90. The van der Waals surface area contributed by atoms with E-state index in [0.29, 0.717) is 17.1 Å². The first kappa shape index (κ1) is 15.8. The van der Waals surface area contributed by atoms with E-state index in [0.717, 1.165) is 11.1 Å². The quantitative estimate of drug-likeness (QED) is 0.737. The SMILES string of the molecule is Cc1[nH]nc(C(C)Oc2ccc(-c3ccccc3)cc2)c1C(=O)O. The molecule has 5 nitrogen and oxygen atoms in total. The molecule has 0 radical (unpaired) electrons. The first-order chi connectivity index (χ1) is 11.6. The summed E-state index contributed by atoms with van der Waals surface area (Å²) >= 11 is 0. The predicted octanol–water partition coefficient (Wildman–Crippen LogP) is 4.22. The average molecular weight is 322 g/mol. The zero-order valence-electron chi connectivity index (χ0n) is 13.5. The van der Waals surface area contributed by atoms with Gasteiger partial charge in [-0.1, -0.05) is 42.5 Å². The van der Waals surface area contributed by atoms with E-state index in [1.807, 2.05) is 54.6 Å². The minimum absolute atomic E-state index is 0.170. The van der Waals surface area contributed by atoms with Crippen molar-refractivity contribution in [1.82, 2.24) is 10.2 Å². The van der Waals surface area contributed by atoms with Gasteiger partial charge in [0.1, 0.15) is 23.1 Å². The standard InChI is InChI=1S/C19H18N2O3/c1-12-17(19(22)23)18(21-20-12)13(2)24-16-10-8-15(9-11-16)14-6-4-3-5-7-14/h3-11,13H,1-2H3,(H,20,21)(H,22,23). The van der Waals surface area contributed by atoms with Crippen LogP contribution >= 0.6 is 0 Å². The van der Waals surface area contributed by atoms with Crippen molar-refractivity contribution in [3.05, 3.63) is 71.5 Å². The van der Waals surface area contributed by atoms with Crippen LogP contribution in [0.5, 0.6) is 5.75 Å². The number of hydrogen-bond donors (Lipinski definition) is 2. The summed E-state index contributed by atoms with van der Waals surface area (Å²) in [7, 11) is 0. The van der Waals surface area contributed by atoms with Gasteiger partial charge < -0.3 is 9.84 Å². The Labute approximate surface area is 139 Å². The Balaban J connectivity index is 1.78. The smallest absolute Gasteiger partial charge is 0.339 e. The molecule has 1 atom stereocenters. The Morgan fingerprint density at radius 3 is 2.33 bits per heavy atom. The molecule has 0 saturated heterocycles. The number of benzene rings is 2. The summed E-state index contributed by atoms with van der Waals surface area (Å²) in [6.07, 6.45) is -0.469. The van der Waals surface area contributed by atoms with Gasteiger partial charge in [0.15, 0.2) is 0 Å². The van der Waals surface area contributed by atoms with Crippen molar-refractivity contribution in [3.63, 3.8) is 0 Å². The predicted molar refractivity (Wildman–Crippen MR) is 91.2 cm³/mol. The van der Waals surface area contributed by atoms with Crippen molar-refractivity contribution in [3.8, 4) is 16.9 Å². The normalized spacial score (nSPS) is 11.9. The molecule has 0 aliphatic carbocycles. The van der Waals surface area contributed by atoms with E-state index in [-0.39, 0.29) is 5.56 Å². The number of aryl methyl sites for hydroxylation is 1. The van der Waals surface area contributed by atoms with Gasteiger partial charge in [-0.25, -0.2) is 4.79 Å². The number of nitrogens with zero attached hydrogens (tertiary/aromatic N) is 1. The van der Waals surface area contributed by atoms with Gasteiger partial charge in [-0.15, -0.1) is 0 Å². The molecule has 1 unspecified atom stereocenters. The van der Waals surface area contributed by atoms with E-state index in [9.17, 15) is 9.90 Å². The maximum atomic E-state index is 11.3. The second-order valence-electron chi connectivity index (χ2n) is 5.56. The van der Waals surface area contributed by atoms with Crippen LogP contribution < -0.4 is 4.74 Å². The largest absolute Gasteiger partial charge is 0.484 e. The number of ether oxygens (including phenoxy) is 1. The van der Waals surface area contributed by atoms with Gasteiger partial charge in [0.2, 0.25) is 0 Å². The molecule has 3 rings (SSSR count). The molecule has 0 aliphatic heterocycles. The molecule has 5 heteroatoms. The van der Waals surface area contributed by atoms with Crippen molar-refractivity contribution < 1.29 is 14.6 Å². The minimum atomic E-state index is -1.01. The molecule has 3 aromatic rings. The first-order valence-electron chi connectivity index (χ1n) is 7.66. The number of nitrogens with one attached hydrogen (secondary N) is 1. The van der Waals surface area contributed by atoms with Crippen LogP contribution in [0, 0.1) is 6.92 Å². The second-order valence-corrected chi connectivity index (χ2v) is 5.56. The lowest BCUT2D eigenvalue weighted by Gasteiger charge is -2.14. The molecule has 0 spiro atoms. The van der Waals surface area contributed by atoms with Crippen LogP contribution in [0.4, 0.5) is 0 Å². The Morgan fingerprint density at radius 2 is 1.71 bits per heavy atom. The third-order valence-corrected chi connectivity index (χ3v) is 3.85. The van der Waals surface area contributed by atoms with Crippen molar-refractivity contribution in [2.24, 2.45) is 0 Å². The lowest BCUT2D eigenvalue weighted by atomic mass is 10.1. The van der Waals surface area contributed by atoms with Crippen LogP contribution in [0.3, 0.4) is 0 Å². The van der Waals surface area contributed by atoms with E-state index in [1.165, 1.54) is 0 Å². The molecule has 2 N–H and O–H groups in total. The van der Waals surface area contributed by atoms with E-state index < -0.39 is 12.1 Å². The van der Waals surface area contributed by atoms with Gasteiger partial charge in [0, 0.05) is 5.69 Å². The van der Waals surface area contributed by atoms with Crippen molar-refractivity contribution in [2.45, 2.75) is 20.0 Å². The van der Waals surface area contributed by atoms with Crippen molar-refractivity contribution in [1.29, 1.82) is 0 Å². The van der Waals surface area contributed by atoms with Gasteiger partial charge in [-0.2, -0.15) is 5.10 Å². The highest BCUT2D eigenvalue weighted by atomic mass is 16.5. The molecule has 0 saturated carbocycles. The van der Waals surface area contributed by atoms with Crippen molar-refractivity contribution >= 4 is 5.97 Å². The molecule has 122 valence electrons. The third-order valence-electron chi connectivity index (χ3n) is 3.85. The Hall–Kier alpha value is -3.08. The summed E-state index contributed by atoms with van der Waals surface area (Å²) in [5, 5.41) is 16.1. The summed E-state index contributed by atoms with van der Waals surface area (Å²) in [6.45, 7) is 3.47. The van der Waals surface area contributed by atoms with E-state index >= 15 is 0 Å². The highest BCUT2D eigenvalue weighted by Crippen LogP contribution is 2.27. The molecule has 0 fully saturated rings. The third kappa shape index (κ3) is 3.15. The summed E-state index contributed by atoms with van der Waals surface area (Å²) in [6, 6.07) is 17.8. The van der Waals surface area contributed by atoms with Gasteiger partial charge in [-0.3, -0.25) is 5.10 Å². The summed E-state index contributed by atoms with van der Waals surface area (Å²) in [4.78, 5) is 11.3. The molecular formula is C19H18N2O3. The fourth-order valence-corrected chi connectivity index (χ4v) is 2.63.